The van der Waals surface area contributed by atoms with E-state index >= 15 is 0 Å². The molecular weight excluding hydrogens is 270 g/mol. The molecule has 1 aliphatic rings. The maximum atomic E-state index is 12.2. The van der Waals surface area contributed by atoms with E-state index < -0.39 is 21.8 Å². The van der Waals surface area contributed by atoms with E-state index in [1.165, 1.54) is 26.2 Å². The molecule has 6 nitrogen and oxygen atoms in total. The van der Waals surface area contributed by atoms with Gasteiger partial charge in [-0.25, -0.2) is 8.42 Å². The second kappa shape index (κ2) is 4.36. The fourth-order valence-electron chi connectivity index (χ4n) is 2.15. The van der Waals surface area contributed by atoms with E-state index in [0.717, 1.165) is 0 Å². The van der Waals surface area contributed by atoms with Gasteiger partial charge < -0.3 is 15.6 Å². The van der Waals surface area contributed by atoms with Gasteiger partial charge >= 0.3 is 5.97 Å². The van der Waals surface area contributed by atoms with Gasteiger partial charge in [0.15, 0.2) is 0 Å². The summed E-state index contributed by atoms with van der Waals surface area (Å²) in [5, 5.41) is 9.02. The summed E-state index contributed by atoms with van der Waals surface area (Å²) < 4.78 is 29.6. The van der Waals surface area contributed by atoms with E-state index in [4.69, 9.17) is 15.6 Å². The molecular formula is C12H13NO5S. The van der Waals surface area contributed by atoms with Crippen LogP contribution < -0.4 is 10.5 Å². The zero-order valence-corrected chi connectivity index (χ0v) is 11.2. The summed E-state index contributed by atoms with van der Waals surface area (Å²) in [5.41, 5.74) is 5.93. The molecule has 0 radical (unpaired) electrons. The lowest BCUT2D eigenvalue weighted by molar-refractivity contribution is -0.137. The highest BCUT2D eigenvalue weighted by Gasteiger charge is 2.39. The Morgan fingerprint density at radius 1 is 1.42 bits per heavy atom. The molecule has 0 fully saturated rings. The molecule has 1 unspecified atom stereocenters. The first-order valence-electron chi connectivity index (χ1n) is 5.44. The molecule has 19 heavy (non-hydrogen) atoms. The normalized spacial score (nSPS) is 18.1. The van der Waals surface area contributed by atoms with E-state index in [1.54, 1.807) is 6.07 Å². The predicted octanol–water partition coefficient (Wildman–Crippen LogP) is 0.625. The molecule has 0 aliphatic carbocycles. The van der Waals surface area contributed by atoms with Crippen molar-refractivity contribution in [3.63, 3.8) is 0 Å². The maximum Gasteiger partial charge on any atom is 0.325 e. The van der Waals surface area contributed by atoms with Gasteiger partial charge in [-0.1, -0.05) is 6.07 Å². The zero-order chi connectivity index (χ0) is 14.4. The first-order chi connectivity index (χ1) is 8.82. The van der Waals surface area contributed by atoms with E-state index in [-0.39, 0.29) is 20.9 Å². The van der Waals surface area contributed by atoms with Crippen molar-refractivity contribution in [2.75, 3.05) is 7.11 Å². The highest BCUT2D eigenvalue weighted by atomic mass is 32.2. The van der Waals surface area contributed by atoms with Crippen molar-refractivity contribution >= 4 is 21.4 Å². The maximum absolute atomic E-state index is 12.2. The Hall–Kier alpha value is -1.86. The number of carboxylic acids is 1. The number of allylic oxidation sites excluding steroid dienone is 1. The van der Waals surface area contributed by atoms with Gasteiger partial charge in [0.05, 0.1) is 16.9 Å². The molecule has 0 bridgehead atoms. The van der Waals surface area contributed by atoms with Crippen LogP contribution in [0.5, 0.6) is 5.75 Å². The Morgan fingerprint density at radius 3 is 2.58 bits per heavy atom. The van der Waals surface area contributed by atoms with E-state index in [1.807, 2.05) is 0 Å². The van der Waals surface area contributed by atoms with Crippen molar-refractivity contribution in [3.8, 4) is 5.75 Å². The molecule has 3 N–H and O–H groups in total. The summed E-state index contributed by atoms with van der Waals surface area (Å²) >= 11 is 0. The smallest absolute Gasteiger partial charge is 0.325 e. The van der Waals surface area contributed by atoms with Gasteiger partial charge in [-0.05, 0) is 19.1 Å². The van der Waals surface area contributed by atoms with Crippen LogP contribution in [0.2, 0.25) is 0 Å². The lowest BCUT2D eigenvalue weighted by Crippen LogP contribution is -2.31. The van der Waals surface area contributed by atoms with Crippen molar-refractivity contribution in [1.82, 2.24) is 0 Å². The first-order valence-corrected chi connectivity index (χ1v) is 6.92. The fraction of sp³-hybridized carbons (Fsp3) is 0.250. The summed E-state index contributed by atoms with van der Waals surface area (Å²) in [6.07, 6.45) is 0. The number of ether oxygens (including phenoxy) is 1. The summed E-state index contributed by atoms with van der Waals surface area (Å²) in [4.78, 5) is 11.1. The average Bonchev–Trinajstić information content (AvgIpc) is 2.57. The van der Waals surface area contributed by atoms with Gasteiger partial charge in [0, 0.05) is 11.1 Å². The number of hydrogen-bond acceptors (Lipinski definition) is 5. The molecule has 1 aromatic rings. The molecule has 1 atom stereocenters. The SMILES string of the molecule is COc1cccc2c1C(C(N)C(=O)O)=C(C)S2(=O)=O. The van der Waals surface area contributed by atoms with Crippen LogP contribution >= 0.6 is 0 Å². The van der Waals surface area contributed by atoms with Crippen LogP contribution in [0, 0.1) is 0 Å². The van der Waals surface area contributed by atoms with E-state index in [2.05, 4.69) is 0 Å². The number of sulfone groups is 1. The predicted molar refractivity (Wildman–Crippen MR) is 68.4 cm³/mol. The number of hydrogen-bond donors (Lipinski definition) is 2. The molecule has 0 amide bonds. The second-order valence-corrected chi connectivity index (χ2v) is 6.18. The average molecular weight is 283 g/mol. The molecule has 1 aliphatic heterocycles. The standard InChI is InChI=1S/C12H13NO5S/c1-6-9(11(13)12(14)15)10-7(18-2)4-3-5-8(10)19(6,16)17/h3-5,11H,13H2,1-2H3,(H,14,15). The quantitative estimate of drug-likeness (QED) is 0.842. The molecule has 0 saturated heterocycles. The molecule has 7 heteroatoms. The number of carboxylic acid groups (broad SMARTS) is 1. The minimum absolute atomic E-state index is 0.0380. The molecule has 102 valence electrons. The van der Waals surface area contributed by atoms with Crippen molar-refractivity contribution < 1.29 is 23.1 Å². The van der Waals surface area contributed by atoms with Crippen LogP contribution in [0.1, 0.15) is 12.5 Å². The van der Waals surface area contributed by atoms with E-state index in [0.29, 0.717) is 5.75 Å². The zero-order valence-electron chi connectivity index (χ0n) is 10.4. The third-order valence-corrected chi connectivity index (χ3v) is 5.07. The Kier molecular flexibility index (Phi) is 3.11. The lowest BCUT2D eigenvalue weighted by Gasteiger charge is -2.13. The second-order valence-electron chi connectivity index (χ2n) is 4.12. The third kappa shape index (κ3) is 1.82. The topological polar surface area (TPSA) is 107 Å². The van der Waals surface area contributed by atoms with Gasteiger partial charge in [-0.3, -0.25) is 4.79 Å². The van der Waals surface area contributed by atoms with Crippen LogP contribution in [0.15, 0.2) is 28.0 Å². The fourth-order valence-corrected chi connectivity index (χ4v) is 3.74. The summed E-state index contributed by atoms with van der Waals surface area (Å²) in [7, 11) is -2.30. The number of methoxy groups -OCH3 is 1. The van der Waals surface area contributed by atoms with Gasteiger partial charge in [-0.15, -0.1) is 0 Å². The van der Waals surface area contributed by atoms with Crippen LogP contribution in [0.3, 0.4) is 0 Å². The van der Waals surface area contributed by atoms with Crippen molar-refractivity contribution in [3.05, 3.63) is 28.7 Å². The summed E-state index contributed by atoms with van der Waals surface area (Å²) in [6.45, 7) is 1.35. The van der Waals surface area contributed by atoms with Gasteiger partial charge in [-0.2, -0.15) is 0 Å². The number of aliphatic carboxylic acids is 1. The van der Waals surface area contributed by atoms with Gasteiger partial charge in [0.25, 0.3) is 0 Å². The molecule has 0 spiro atoms. The van der Waals surface area contributed by atoms with Crippen molar-refractivity contribution in [1.29, 1.82) is 0 Å². The van der Waals surface area contributed by atoms with Crippen molar-refractivity contribution in [2.45, 2.75) is 17.9 Å². The minimum Gasteiger partial charge on any atom is -0.496 e. The Bertz CT molecular complexity index is 690. The highest BCUT2D eigenvalue weighted by Crippen LogP contribution is 2.44. The number of carbonyl (C=O) groups is 1. The molecule has 1 aromatic carbocycles. The van der Waals surface area contributed by atoms with Gasteiger partial charge in [0.2, 0.25) is 9.84 Å². The largest absolute Gasteiger partial charge is 0.496 e. The minimum atomic E-state index is -3.69. The van der Waals surface area contributed by atoms with Crippen LogP contribution in [0.4, 0.5) is 0 Å². The Morgan fingerprint density at radius 2 is 2.05 bits per heavy atom. The highest BCUT2D eigenvalue weighted by molar-refractivity contribution is 7.95. The number of nitrogens with two attached hydrogens (primary N) is 1. The number of fused-ring (bicyclic) bond motifs is 1. The van der Waals surface area contributed by atoms with Crippen LogP contribution in [-0.2, 0) is 14.6 Å². The lowest BCUT2D eigenvalue weighted by atomic mass is 9.98. The Labute approximate surface area is 110 Å². The summed E-state index contributed by atoms with van der Waals surface area (Å²) in [5.74, 6) is -0.993. The van der Waals surface area contributed by atoms with Crippen molar-refractivity contribution in [2.24, 2.45) is 5.73 Å². The summed E-state index contributed by atoms with van der Waals surface area (Å²) in [6, 6.07) is 3.12. The number of rotatable bonds is 3. The van der Waals surface area contributed by atoms with Crippen LogP contribution in [-0.4, -0.2) is 32.6 Å². The van der Waals surface area contributed by atoms with Crippen LogP contribution in [0.25, 0.3) is 5.57 Å². The van der Waals surface area contributed by atoms with Gasteiger partial charge in [0.1, 0.15) is 11.8 Å². The van der Waals surface area contributed by atoms with E-state index in [9.17, 15) is 13.2 Å². The number of benzene rings is 1. The Balaban J connectivity index is 2.84. The first kappa shape index (κ1) is 13.6. The molecule has 0 aromatic heterocycles. The molecule has 1 heterocycles. The third-order valence-electron chi connectivity index (χ3n) is 3.13. The molecule has 0 saturated carbocycles. The monoisotopic (exact) mass is 283 g/mol. The molecule has 2 rings (SSSR count).